The molecule has 1 aliphatic rings. The van der Waals surface area contributed by atoms with E-state index in [1.165, 1.54) is 31.4 Å². The van der Waals surface area contributed by atoms with Crippen molar-refractivity contribution < 1.29 is 0 Å². The molecule has 2 nitrogen and oxygen atoms in total. The minimum atomic E-state index is 0.227. The Hall–Kier alpha value is -0.410. The van der Waals surface area contributed by atoms with Crippen molar-refractivity contribution in [2.75, 3.05) is 6.54 Å². The lowest BCUT2D eigenvalue weighted by atomic mass is 9.83. The third-order valence-electron chi connectivity index (χ3n) is 3.11. The fraction of sp³-hybridized carbons (Fsp3) is 0.700. The molecule has 1 saturated carbocycles. The monoisotopic (exact) mass is 196 g/mol. The summed E-state index contributed by atoms with van der Waals surface area (Å²) in [7, 11) is 0. The van der Waals surface area contributed by atoms with Gasteiger partial charge in [0.25, 0.3) is 0 Å². The summed E-state index contributed by atoms with van der Waals surface area (Å²) in [5, 5.41) is 3.35. The van der Waals surface area contributed by atoms with Crippen LogP contribution < -0.4 is 5.73 Å². The smallest absolute Gasteiger partial charge is 0.0897 e. The van der Waals surface area contributed by atoms with Crippen LogP contribution in [0.3, 0.4) is 0 Å². The van der Waals surface area contributed by atoms with Gasteiger partial charge in [0.2, 0.25) is 0 Å². The summed E-state index contributed by atoms with van der Waals surface area (Å²) >= 11 is 1.74. The number of hydrogen-bond donors (Lipinski definition) is 1. The van der Waals surface area contributed by atoms with Crippen molar-refractivity contribution in [3.05, 3.63) is 16.1 Å². The van der Waals surface area contributed by atoms with Crippen LogP contribution in [0.2, 0.25) is 0 Å². The molecule has 1 aromatic rings. The van der Waals surface area contributed by atoms with Gasteiger partial charge in [-0.25, -0.2) is 4.98 Å². The summed E-state index contributed by atoms with van der Waals surface area (Å²) in [4.78, 5) is 4.57. The Kier molecular flexibility index (Phi) is 2.39. The summed E-state index contributed by atoms with van der Waals surface area (Å²) in [6.07, 6.45) is 5.08. The van der Waals surface area contributed by atoms with Crippen LogP contribution in [0, 0.1) is 6.92 Å². The molecule has 0 spiro atoms. The summed E-state index contributed by atoms with van der Waals surface area (Å²) in [5.74, 6) is 0. The molecule has 13 heavy (non-hydrogen) atoms. The van der Waals surface area contributed by atoms with Crippen LogP contribution in [-0.4, -0.2) is 11.5 Å². The van der Waals surface area contributed by atoms with Crippen molar-refractivity contribution in [2.24, 2.45) is 5.73 Å². The highest BCUT2D eigenvalue weighted by Crippen LogP contribution is 2.40. The van der Waals surface area contributed by atoms with Gasteiger partial charge in [-0.3, -0.25) is 0 Å². The molecular formula is C10H16N2S. The van der Waals surface area contributed by atoms with E-state index >= 15 is 0 Å². The predicted molar refractivity (Wildman–Crippen MR) is 56.1 cm³/mol. The molecule has 1 aliphatic carbocycles. The predicted octanol–water partition coefficient (Wildman–Crippen LogP) is 2.22. The molecule has 0 aromatic carbocycles. The largest absolute Gasteiger partial charge is 0.330 e. The molecule has 1 heterocycles. The van der Waals surface area contributed by atoms with Gasteiger partial charge in [0.15, 0.2) is 0 Å². The van der Waals surface area contributed by atoms with Crippen LogP contribution in [0.15, 0.2) is 5.38 Å². The molecule has 0 amide bonds. The average molecular weight is 196 g/mol. The highest BCUT2D eigenvalue weighted by molar-refractivity contribution is 7.09. The normalized spacial score (nSPS) is 20.8. The van der Waals surface area contributed by atoms with Gasteiger partial charge in [-0.15, -0.1) is 11.3 Å². The zero-order valence-corrected chi connectivity index (χ0v) is 8.86. The van der Waals surface area contributed by atoms with E-state index in [0.717, 1.165) is 11.6 Å². The molecule has 0 atom stereocenters. The van der Waals surface area contributed by atoms with Crippen molar-refractivity contribution in [1.29, 1.82) is 0 Å². The maximum absolute atomic E-state index is 5.87. The van der Waals surface area contributed by atoms with E-state index in [4.69, 9.17) is 5.73 Å². The Morgan fingerprint density at radius 3 is 2.69 bits per heavy atom. The second-order valence-corrected chi connectivity index (χ2v) is 5.01. The van der Waals surface area contributed by atoms with Gasteiger partial charge in [-0.1, -0.05) is 12.8 Å². The van der Waals surface area contributed by atoms with Crippen LogP contribution in [0.5, 0.6) is 0 Å². The van der Waals surface area contributed by atoms with Gasteiger partial charge >= 0.3 is 0 Å². The van der Waals surface area contributed by atoms with Gasteiger partial charge in [0, 0.05) is 17.3 Å². The Balaban J connectivity index is 2.30. The second kappa shape index (κ2) is 3.39. The quantitative estimate of drug-likeness (QED) is 0.787. The van der Waals surface area contributed by atoms with Gasteiger partial charge < -0.3 is 5.73 Å². The van der Waals surface area contributed by atoms with Gasteiger partial charge in [-0.2, -0.15) is 0 Å². The van der Waals surface area contributed by atoms with Crippen molar-refractivity contribution in [1.82, 2.24) is 4.98 Å². The molecule has 72 valence electrons. The number of aromatic nitrogens is 1. The van der Waals surface area contributed by atoms with E-state index in [0.29, 0.717) is 0 Å². The van der Waals surface area contributed by atoms with Crippen molar-refractivity contribution in [2.45, 2.75) is 38.0 Å². The Morgan fingerprint density at radius 1 is 1.54 bits per heavy atom. The number of aryl methyl sites for hydroxylation is 1. The number of nitrogens with zero attached hydrogens (tertiary/aromatic N) is 1. The van der Waals surface area contributed by atoms with E-state index in [9.17, 15) is 0 Å². The zero-order valence-electron chi connectivity index (χ0n) is 8.05. The topological polar surface area (TPSA) is 38.9 Å². The first-order chi connectivity index (χ1) is 6.27. The first kappa shape index (κ1) is 9.16. The molecule has 3 heteroatoms. The maximum atomic E-state index is 5.87. The molecule has 0 unspecified atom stereocenters. The minimum absolute atomic E-state index is 0.227. The fourth-order valence-corrected chi connectivity index (χ4v) is 2.96. The van der Waals surface area contributed by atoms with E-state index in [1.54, 1.807) is 11.3 Å². The SMILES string of the molecule is Cc1nc(C2(CN)CCCC2)cs1. The molecule has 0 bridgehead atoms. The lowest BCUT2D eigenvalue weighted by Gasteiger charge is -2.24. The van der Waals surface area contributed by atoms with Crippen LogP contribution in [0.25, 0.3) is 0 Å². The van der Waals surface area contributed by atoms with Gasteiger partial charge in [-0.05, 0) is 19.8 Å². The molecule has 2 rings (SSSR count). The summed E-state index contributed by atoms with van der Waals surface area (Å²) in [6.45, 7) is 2.82. The van der Waals surface area contributed by atoms with E-state index in [2.05, 4.69) is 17.3 Å². The van der Waals surface area contributed by atoms with Crippen LogP contribution in [0.4, 0.5) is 0 Å². The van der Waals surface area contributed by atoms with Crippen molar-refractivity contribution in [3.8, 4) is 0 Å². The summed E-state index contributed by atoms with van der Waals surface area (Å²) in [6, 6.07) is 0. The van der Waals surface area contributed by atoms with Gasteiger partial charge in [0.05, 0.1) is 10.7 Å². The van der Waals surface area contributed by atoms with Crippen LogP contribution in [-0.2, 0) is 5.41 Å². The summed E-state index contributed by atoms with van der Waals surface area (Å²) in [5.41, 5.74) is 7.35. The Morgan fingerprint density at radius 2 is 2.23 bits per heavy atom. The summed E-state index contributed by atoms with van der Waals surface area (Å²) < 4.78 is 0. The lowest BCUT2D eigenvalue weighted by molar-refractivity contribution is 0.441. The van der Waals surface area contributed by atoms with E-state index < -0.39 is 0 Å². The van der Waals surface area contributed by atoms with Gasteiger partial charge in [0.1, 0.15) is 0 Å². The van der Waals surface area contributed by atoms with Crippen LogP contribution >= 0.6 is 11.3 Å². The molecule has 1 fully saturated rings. The maximum Gasteiger partial charge on any atom is 0.0897 e. The molecule has 0 radical (unpaired) electrons. The van der Waals surface area contributed by atoms with E-state index in [1.807, 2.05) is 0 Å². The Bertz CT molecular complexity index is 287. The fourth-order valence-electron chi connectivity index (χ4n) is 2.22. The van der Waals surface area contributed by atoms with Crippen molar-refractivity contribution in [3.63, 3.8) is 0 Å². The lowest BCUT2D eigenvalue weighted by Crippen LogP contribution is -2.32. The van der Waals surface area contributed by atoms with Crippen molar-refractivity contribution >= 4 is 11.3 Å². The molecule has 0 aliphatic heterocycles. The standard InChI is InChI=1S/C10H16N2S/c1-8-12-9(6-13-8)10(7-11)4-2-3-5-10/h6H,2-5,7,11H2,1H3. The third-order valence-corrected chi connectivity index (χ3v) is 3.89. The average Bonchev–Trinajstić information content (AvgIpc) is 2.73. The van der Waals surface area contributed by atoms with Crippen LogP contribution in [0.1, 0.15) is 36.4 Å². The number of nitrogens with two attached hydrogens (primary N) is 1. The minimum Gasteiger partial charge on any atom is -0.330 e. The molecule has 1 aromatic heterocycles. The molecular weight excluding hydrogens is 180 g/mol. The molecule has 0 saturated heterocycles. The highest BCUT2D eigenvalue weighted by Gasteiger charge is 2.35. The number of rotatable bonds is 2. The number of thiazole rings is 1. The zero-order chi connectivity index (χ0) is 9.31. The molecule has 2 N–H and O–H groups in total. The first-order valence-electron chi connectivity index (χ1n) is 4.89. The first-order valence-corrected chi connectivity index (χ1v) is 5.77. The third kappa shape index (κ3) is 1.51. The second-order valence-electron chi connectivity index (χ2n) is 3.94. The number of hydrogen-bond acceptors (Lipinski definition) is 3. The van der Waals surface area contributed by atoms with E-state index in [-0.39, 0.29) is 5.41 Å². The Labute approximate surface area is 83.2 Å². The highest BCUT2D eigenvalue weighted by atomic mass is 32.1.